The van der Waals surface area contributed by atoms with Crippen LogP contribution in [0.4, 0.5) is 0 Å². The van der Waals surface area contributed by atoms with Gasteiger partial charge in [0.2, 0.25) is 0 Å². The maximum absolute atomic E-state index is 12.5. The molecule has 2 aliphatic heterocycles. The van der Waals surface area contributed by atoms with Crippen LogP contribution in [0.25, 0.3) is 0 Å². The number of hydrogen-bond donors (Lipinski definition) is 0. The SMILES string of the molecule is CC1CCN(S(=O)(=O)N2CCCCC2C#N)CC1. The van der Waals surface area contributed by atoms with E-state index in [1.165, 1.54) is 4.31 Å². The van der Waals surface area contributed by atoms with Crippen LogP contribution in [0.3, 0.4) is 0 Å². The summed E-state index contributed by atoms with van der Waals surface area (Å²) >= 11 is 0. The van der Waals surface area contributed by atoms with Gasteiger partial charge in [-0.3, -0.25) is 0 Å². The summed E-state index contributed by atoms with van der Waals surface area (Å²) in [5, 5.41) is 9.09. The molecule has 2 heterocycles. The second kappa shape index (κ2) is 5.55. The van der Waals surface area contributed by atoms with Gasteiger partial charge in [0, 0.05) is 19.6 Å². The van der Waals surface area contributed by atoms with Crippen molar-refractivity contribution in [3.63, 3.8) is 0 Å². The Kier molecular flexibility index (Phi) is 4.25. The third-order valence-electron chi connectivity index (χ3n) is 3.97. The zero-order chi connectivity index (χ0) is 13.2. The van der Waals surface area contributed by atoms with Crippen molar-refractivity contribution in [2.45, 2.75) is 45.1 Å². The van der Waals surface area contributed by atoms with Crippen molar-refractivity contribution in [2.75, 3.05) is 19.6 Å². The van der Waals surface area contributed by atoms with Crippen LogP contribution in [0.1, 0.15) is 39.0 Å². The number of nitriles is 1. The van der Waals surface area contributed by atoms with Crippen molar-refractivity contribution in [1.29, 1.82) is 5.26 Å². The molecule has 102 valence electrons. The zero-order valence-corrected chi connectivity index (χ0v) is 11.7. The second-order valence-electron chi connectivity index (χ2n) is 5.34. The van der Waals surface area contributed by atoms with E-state index in [-0.39, 0.29) is 0 Å². The highest BCUT2D eigenvalue weighted by molar-refractivity contribution is 7.86. The lowest BCUT2D eigenvalue weighted by Crippen LogP contribution is -2.52. The van der Waals surface area contributed by atoms with E-state index in [1.54, 1.807) is 4.31 Å². The van der Waals surface area contributed by atoms with Crippen molar-refractivity contribution in [3.05, 3.63) is 0 Å². The van der Waals surface area contributed by atoms with Crippen LogP contribution in [0, 0.1) is 17.2 Å². The average Bonchev–Trinajstić information content (AvgIpc) is 2.39. The largest absolute Gasteiger partial charge is 0.283 e. The monoisotopic (exact) mass is 271 g/mol. The second-order valence-corrected chi connectivity index (χ2v) is 7.22. The van der Waals surface area contributed by atoms with Crippen LogP contribution >= 0.6 is 0 Å². The molecule has 0 aromatic rings. The van der Waals surface area contributed by atoms with Gasteiger partial charge in [0.1, 0.15) is 6.04 Å². The molecule has 2 fully saturated rings. The van der Waals surface area contributed by atoms with E-state index in [0.29, 0.717) is 32.0 Å². The van der Waals surface area contributed by atoms with Gasteiger partial charge in [-0.15, -0.1) is 0 Å². The van der Waals surface area contributed by atoms with Gasteiger partial charge in [-0.05, 0) is 38.0 Å². The highest BCUT2D eigenvalue weighted by Gasteiger charge is 2.37. The third kappa shape index (κ3) is 2.68. The van der Waals surface area contributed by atoms with Crippen molar-refractivity contribution in [2.24, 2.45) is 5.92 Å². The molecular weight excluding hydrogens is 250 g/mol. The Hall–Kier alpha value is -0.640. The molecule has 0 amide bonds. The van der Waals surface area contributed by atoms with Crippen LogP contribution in [0.15, 0.2) is 0 Å². The smallest absolute Gasteiger partial charge is 0.197 e. The molecule has 18 heavy (non-hydrogen) atoms. The minimum atomic E-state index is -3.43. The number of hydrogen-bond acceptors (Lipinski definition) is 3. The highest BCUT2D eigenvalue weighted by atomic mass is 32.2. The average molecular weight is 271 g/mol. The van der Waals surface area contributed by atoms with Crippen LogP contribution in [-0.2, 0) is 10.2 Å². The van der Waals surface area contributed by atoms with Crippen LogP contribution in [0.5, 0.6) is 0 Å². The number of piperidine rings is 2. The fourth-order valence-electron chi connectivity index (χ4n) is 2.67. The summed E-state index contributed by atoms with van der Waals surface area (Å²) in [5.41, 5.74) is 0. The number of rotatable bonds is 2. The Balaban J connectivity index is 2.12. The third-order valence-corrected chi connectivity index (χ3v) is 6.02. The fraction of sp³-hybridized carbons (Fsp3) is 0.917. The van der Waals surface area contributed by atoms with Gasteiger partial charge in [-0.25, -0.2) is 0 Å². The molecule has 2 rings (SSSR count). The topological polar surface area (TPSA) is 64.4 Å². The molecule has 2 aliphatic rings. The van der Waals surface area contributed by atoms with Gasteiger partial charge in [0.25, 0.3) is 10.2 Å². The summed E-state index contributed by atoms with van der Waals surface area (Å²) in [5.74, 6) is 0.601. The lowest BCUT2D eigenvalue weighted by atomic mass is 10.0. The van der Waals surface area contributed by atoms with Crippen molar-refractivity contribution >= 4 is 10.2 Å². The Morgan fingerprint density at radius 2 is 1.78 bits per heavy atom. The van der Waals surface area contributed by atoms with Crippen LogP contribution in [0.2, 0.25) is 0 Å². The first-order valence-electron chi connectivity index (χ1n) is 6.72. The predicted molar refractivity (Wildman–Crippen MR) is 68.8 cm³/mol. The maximum Gasteiger partial charge on any atom is 0.283 e. The van der Waals surface area contributed by atoms with E-state index in [0.717, 1.165) is 25.7 Å². The van der Waals surface area contributed by atoms with Gasteiger partial charge in [-0.2, -0.15) is 22.3 Å². The summed E-state index contributed by atoms with van der Waals surface area (Å²) in [6.07, 6.45) is 4.32. The highest BCUT2D eigenvalue weighted by Crippen LogP contribution is 2.25. The Morgan fingerprint density at radius 3 is 2.39 bits per heavy atom. The quantitative estimate of drug-likeness (QED) is 0.761. The Labute approximate surface area is 110 Å². The Morgan fingerprint density at radius 1 is 1.11 bits per heavy atom. The van der Waals surface area contributed by atoms with Gasteiger partial charge in [0.05, 0.1) is 6.07 Å². The summed E-state index contributed by atoms with van der Waals surface area (Å²) < 4.78 is 28.0. The molecule has 1 unspecified atom stereocenters. The van der Waals surface area contributed by atoms with Gasteiger partial charge in [0.15, 0.2) is 0 Å². The van der Waals surface area contributed by atoms with E-state index in [4.69, 9.17) is 5.26 Å². The molecule has 5 nitrogen and oxygen atoms in total. The minimum Gasteiger partial charge on any atom is -0.197 e. The molecule has 1 atom stereocenters. The van der Waals surface area contributed by atoms with E-state index in [9.17, 15) is 8.42 Å². The lowest BCUT2D eigenvalue weighted by Gasteiger charge is -2.37. The first-order valence-corrected chi connectivity index (χ1v) is 8.12. The fourth-order valence-corrected chi connectivity index (χ4v) is 4.48. The predicted octanol–water partition coefficient (Wildman–Crippen LogP) is 1.34. The normalized spacial score (nSPS) is 29.0. The molecule has 0 aromatic carbocycles. The van der Waals surface area contributed by atoms with Crippen LogP contribution < -0.4 is 0 Å². The van der Waals surface area contributed by atoms with E-state index < -0.39 is 16.3 Å². The van der Waals surface area contributed by atoms with E-state index >= 15 is 0 Å². The van der Waals surface area contributed by atoms with Gasteiger partial charge in [-0.1, -0.05) is 6.92 Å². The van der Waals surface area contributed by atoms with Crippen molar-refractivity contribution in [3.8, 4) is 6.07 Å². The molecule has 0 aliphatic carbocycles. The van der Waals surface area contributed by atoms with Gasteiger partial charge < -0.3 is 0 Å². The van der Waals surface area contributed by atoms with Gasteiger partial charge >= 0.3 is 0 Å². The molecule has 0 saturated carbocycles. The summed E-state index contributed by atoms with van der Waals surface area (Å²) in [6, 6.07) is 1.66. The minimum absolute atomic E-state index is 0.469. The molecule has 0 bridgehead atoms. The maximum atomic E-state index is 12.5. The summed E-state index contributed by atoms with van der Waals surface area (Å²) in [6.45, 7) is 3.84. The molecule has 0 radical (unpaired) electrons. The summed E-state index contributed by atoms with van der Waals surface area (Å²) in [4.78, 5) is 0. The van der Waals surface area contributed by atoms with E-state index in [1.807, 2.05) is 0 Å². The molecular formula is C12H21N3O2S. The lowest BCUT2D eigenvalue weighted by molar-refractivity contribution is 0.236. The standard InChI is InChI=1S/C12H21N3O2S/c1-11-5-8-14(9-6-11)18(16,17)15-7-3-2-4-12(15)10-13/h11-12H,2-9H2,1H3. The van der Waals surface area contributed by atoms with E-state index in [2.05, 4.69) is 13.0 Å². The van der Waals surface area contributed by atoms with Crippen LogP contribution in [-0.4, -0.2) is 42.7 Å². The molecule has 0 aromatic heterocycles. The van der Waals surface area contributed by atoms with Crippen molar-refractivity contribution in [1.82, 2.24) is 8.61 Å². The molecule has 6 heteroatoms. The molecule has 0 N–H and O–H groups in total. The zero-order valence-electron chi connectivity index (χ0n) is 10.9. The Bertz CT molecular complexity index is 421. The first-order chi connectivity index (χ1) is 8.55. The first kappa shape index (κ1) is 13.8. The van der Waals surface area contributed by atoms with Crippen molar-refractivity contribution < 1.29 is 8.42 Å². The number of nitrogens with zero attached hydrogens (tertiary/aromatic N) is 3. The summed E-state index contributed by atoms with van der Waals surface area (Å²) in [7, 11) is -3.43. The molecule has 2 saturated heterocycles. The molecule has 0 spiro atoms.